The smallest absolute Gasteiger partial charge is 0.236 e. The van der Waals surface area contributed by atoms with Crippen molar-refractivity contribution in [2.24, 2.45) is 5.73 Å². The van der Waals surface area contributed by atoms with Gasteiger partial charge in [0.05, 0.1) is 17.0 Å². The normalized spacial score (nSPS) is 17.2. The van der Waals surface area contributed by atoms with Gasteiger partial charge in [0.2, 0.25) is 10.0 Å². The van der Waals surface area contributed by atoms with Crippen molar-refractivity contribution >= 4 is 33.0 Å². The topological polar surface area (TPSA) is 101 Å². The molecule has 1 aromatic rings. The fourth-order valence-electron chi connectivity index (χ4n) is 1.98. The van der Waals surface area contributed by atoms with Gasteiger partial charge < -0.3 is 5.73 Å². The molecule has 0 amide bonds. The van der Waals surface area contributed by atoms with Gasteiger partial charge in [-0.3, -0.25) is 9.82 Å². The van der Waals surface area contributed by atoms with Crippen molar-refractivity contribution in [1.82, 2.24) is 10.2 Å². The molecule has 1 aromatic heterocycles. The molecule has 0 radical (unpaired) electrons. The van der Waals surface area contributed by atoms with E-state index in [2.05, 4.69) is 14.9 Å². The minimum atomic E-state index is -3.38. The summed E-state index contributed by atoms with van der Waals surface area (Å²) in [6, 6.07) is 0. The number of rotatable bonds is 4. The first-order valence-electron chi connectivity index (χ1n) is 5.35. The minimum Gasteiger partial charge on any atom is -0.389 e. The molecule has 1 fully saturated rings. The van der Waals surface area contributed by atoms with Gasteiger partial charge in [0.25, 0.3) is 0 Å². The molecule has 4 N–H and O–H groups in total. The zero-order valence-electron chi connectivity index (χ0n) is 9.14. The van der Waals surface area contributed by atoms with Gasteiger partial charge >= 0.3 is 0 Å². The molecule has 0 bridgehead atoms. The van der Waals surface area contributed by atoms with Crippen molar-refractivity contribution in [2.75, 3.05) is 4.72 Å². The standard InChI is InChI=1S/C9H14N4O2S2/c10-8(16)7-5-11-12-9(7)13-17(14,15)6-3-1-2-4-6/h5-6H,1-4H2,(H2,10,16)(H2,11,12,13). The third kappa shape index (κ3) is 2.58. The fraction of sp³-hybridized carbons (Fsp3) is 0.556. The summed E-state index contributed by atoms with van der Waals surface area (Å²) in [4.78, 5) is 0.114. The van der Waals surface area contributed by atoms with E-state index in [0.29, 0.717) is 18.4 Å². The van der Waals surface area contributed by atoms with Gasteiger partial charge in [-0.05, 0) is 12.8 Å². The molecule has 1 saturated carbocycles. The third-order valence-corrected chi connectivity index (χ3v) is 4.95. The third-order valence-electron chi connectivity index (χ3n) is 2.89. The molecule has 2 rings (SSSR count). The number of aromatic nitrogens is 2. The molecular formula is C9H14N4O2S2. The highest BCUT2D eigenvalue weighted by Crippen LogP contribution is 2.26. The van der Waals surface area contributed by atoms with Gasteiger partial charge in [-0.25, -0.2) is 8.42 Å². The number of H-pyrrole nitrogens is 1. The van der Waals surface area contributed by atoms with Crippen LogP contribution in [-0.2, 0) is 10.0 Å². The Kier molecular flexibility index (Phi) is 3.34. The summed E-state index contributed by atoms with van der Waals surface area (Å²) < 4.78 is 26.5. The number of aromatic amines is 1. The quantitative estimate of drug-likeness (QED) is 0.703. The molecule has 0 atom stereocenters. The first-order valence-corrected chi connectivity index (χ1v) is 7.31. The van der Waals surface area contributed by atoms with Crippen molar-refractivity contribution in [3.63, 3.8) is 0 Å². The molecule has 1 heterocycles. The van der Waals surface area contributed by atoms with Gasteiger partial charge in [0.15, 0.2) is 0 Å². The number of nitrogens with zero attached hydrogens (tertiary/aromatic N) is 1. The van der Waals surface area contributed by atoms with Crippen LogP contribution < -0.4 is 10.5 Å². The number of hydrogen-bond donors (Lipinski definition) is 3. The maximum Gasteiger partial charge on any atom is 0.236 e. The number of nitrogens with one attached hydrogen (secondary N) is 2. The summed E-state index contributed by atoms with van der Waals surface area (Å²) in [7, 11) is -3.38. The summed E-state index contributed by atoms with van der Waals surface area (Å²) in [5.74, 6) is 0.254. The first kappa shape index (κ1) is 12.3. The second kappa shape index (κ2) is 4.61. The van der Waals surface area contributed by atoms with Crippen LogP contribution >= 0.6 is 12.2 Å². The maximum absolute atomic E-state index is 12.0. The van der Waals surface area contributed by atoms with Crippen molar-refractivity contribution in [2.45, 2.75) is 30.9 Å². The average Bonchev–Trinajstić information content (AvgIpc) is 2.85. The van der Waals surface area contributed by atoms with Crippen molar-refractivity contribution < 1.29 is 8.42 Å². The Labute approximate surface area is 105 Å². The Hall–Kier alpha value is -1.15. The fourth-order valence-corrected chi connectivity index (χ4v) is 3.69. The van der Waals surface area contributed by atoms with Crippen LogP contribution in [-0.4, -0.2) is 28.9 Å². The van der Waals surface area contributed by atoms with E-state index in [-0.39, 0.29) is 16.1 Å². The van der Waals surface area contributed by atoms with E-state index < -0.39 is 10.0 Å². The van der Waals surface area contributed by atoms with Crippen LogP contribution in [0.5, 0.6) is 0 Å². The highest BCUT2D eigenvalue weighted by Gasteiger charge is 2.29. The summed E-state index contributed by atoms with van der Waals surface area (Å²) in [5.41, 5.74) is 5.89. The average molecular weight is 274 g/mol. The van der Waals surface area contributed by atoms with E-state index in [9.17, 15) is 8.42 Å². The Balaban J connectivity index is 2.20. The second-order valence-corrected chi connectivity index (χ2v) is 6.48. The lowest BCUT2D eigenvalue weighted by atomic mass is 10.3. The van der Waals surface area contributed by atoms with Crippen LogP contribution in [0, 0.1) is 0 Å². The van der Waals surface area contributed by atoms with E-state index in [1.807, 2.05) is 0 Å². The van der Waals surface area contributed by atoms with E-state index in [0.717, 1.165) is 12.8 Å². The zero-order chi connectivity index (χ0) is 12.5. The lowest BCUT2D eigenvalue weighted by molar-refractivity contribution is 0.585. The summed E-state index contributed by atoms with van der Waals surface area (Å²) >= 11 is 4.81. The summed E-state index contributed by atoms with van der Waals surface area (Å²) in [6.07, 6.45) is 4.72. The SMILES string of the molecule is NC(=S)c1cn[nH]c1NS(=O)(=O)C1CCCC1. The van der Waals surface area contributed by atoms with E-state index in [1.54, 1.807) is 0 Å². The largest absolute Gasteiger partial charge is 0.389 e. The zero-order valence-corrected chi connectivity index (χ0v) is 10.8. The van der Waals surface area contributed by atoms with Gasteiger partial charge in [-0.2, -0.15) is 5.10 Å². The number of anilines is 1. The van der Waals surface area contributed by atoms with E-state index in [4.69, 9.17) is 18.0 Å². The lowest BCUT2D eigenvalue weighted by Crippen LogP contribution is -2.26. The molecule has 0 unspecified atom stereocenters. The van der Waals surface area contributed by atoms with E-state index in [1.165, 1.54) is 6.20 Å². The summed E-state index contributed by atoms with van der Waals surface area (Å²) in [5, 5.41) is 5.96. The van der Waals surface area contributed by atoms with Gasteiger partial charge in [0.1, 0.15) is 10.8 Å². The molecule has 1 aliphatic rings. The second-order valence-electron chi connectivity index (χ2n) is 4.08. The molecule has 94 valence electrons. The Morgan fingerprint density at radius 3 is 2.76 bits per heavy atom. The highest BCUT2D eigenvalue weighted by atomic mass is 32.2. The van der Waals surface area contributed by atoms with Crippen LogP contribution in [0.2, 0.25) is 0 Å². The monoisotopic (exact) mass is 274 g/mol. The molecule has 0 saturated heterocycles. The van der Waals surface area contributed by atoms with E-state index >= 15 is 0 Å². The number of nitrogens with two attached hydrogens (primary N) is 1. The van der Waals surface area contributed by atoms with Crippen LogP contribution in [0.3, 0.4) is 0 Å². The molecule has 0 spiro atoms. The van der Waals surface area contributed by atoms with Crippen molar-refractivity contribution in [3.8, 4) is 0 Å². The van der Waals surface area contributed by atoms with Crippen LogP contribution in [0.4, 0.5) is 5.82 Å². The van der Waals surface area contributed by atoms with Gasteiger partial charge in [-0.15, -0.1) is 0 Å². The van der Waals surface area contributed by atoms with Crippen LogP contribution in [0.15, 0.2) is 6.20 Å². The molecular weight excluding hydrogens is 260 g/mol. The van der Waals surface area contributed by atoms with Crippen LogP contribution in [0.25, 0.3) is 0 Å². The molecule has 17 heavy (non-hydrogen) atoms. The van der Waals surface area contributed by atoms with Crippen LogP contribution in [0.1, 0.15) is 31.2 Å². The number of thiocarbonyl (C=S) groups is 1. The van der Waals surface area contributed by atoms with Gasteiger partial charge in [-0.1, -0.05) is 25.1 Å². The number of hydrogen-bond acceptors (Lipinski definition) is 4. The molecule has 0 aromatic carbocycles. The van der Waals surface area contributed by atoms with Gasteiger partial charge in [0, 0.05) is 0 Å². The minimum absolute atomic E-state index is 0.114. The molecule has 6 nitrogen and oxygen atoms in total. The Bertz CT molecular complexity index is 517. The number of sulfonamides is 1. The highest BCUT2D eigenvalue weighted by molar-refractivity contribution is 7.93. The van der Waals surface area contributed by atoms with Crippen molar-refractivity contribution in [1.29, 1.82) is 0 Å². The van der Waals surface area contributed by atoms with Crippen molar-refractivity contribution in [3.05, 3.63) is 11.8 Å². The maximum atomic E-state index is 12.0. The molecule has 0 aliphatic heterocycles. The predicted molar refractivity (Wildman–Crippen MR) is 69.3 cm³/mol. The Morgan fingerprint density at radius 1 is 1.53 bits per heavy atom. The predicted octanol–water partition coefficient (Wildman–Crippen LogP) is 0.728. The summed E-state index contributed by atoms with van der Waals surface area (Å²) in [6.45, 7) is 0. The Morgan fingerprint density at radius 2 is 2.18 bits per heavy atom. The lowest BCUT2D eigenvalue weighted by Gasteiger charge is -2.12. The first-order chi connectivity index (χ1) is 8.00. The molecule has 8 heteroatoms. The molecule has 1 aliphatic carbocycles.